The molecule has 0 atom stereocenters. The highest BCUT2D eigenvalue weighted by Gasteiger charge is 2.24. The van der Waals surface area contributed by atoms with Crippen LogP contribution in [-0.4, -0.2) is 41.8 Å². The van der Waals surface area contributed by atoms with Crippen molar-refractivity contribution >= 4 is 22.6 Å². The summed E-state index contributed by atoms with van der Waals surface area (Å²) in [7, 11) is 1.83. The Morgan fingerprint density at radius 3 is 2.55 bits per heavy atom. The molecule has 3 aromatic carbocycles. The van der Waals surface area contributed by atoms with E-state index >= 15 is 0 Å². The Morgan fingerprint density at radius 1 is 0.897 bits per heavy atom. The van der Waals surface area contributed by atoms with Crippen molar-refractivity contribution < 1.29 is 9.59 Å². The summed E-state index contributed by atoms with van der Waals surface area (Å²) < 4.78 is 0. The Morgan fingerprint density at radius 2 is 1.72 bits per heavy atom. The van der Waals surface area contributed by atoms with E-state index in [2.05, 4.69) is 24.3 Å². The van der Waals surface area contributed by atoms with E-state index in [1.54, 1.807) is 4.90 Å². The number of carbonyl (C=O) groups excluding carboxylic acids is 2. The average Bonchev–Trinajstić information content (AvgIpc) is 3.06. The first-order valence-electron chi connectivity index (χ1n) is 10.3. The lowest BCUT2D eigenvalue weighted by atomic mass is 9.94. The Labute approximate surface area is 170 Å². The molecule has 0 unspecified atom stereocenters. The van der Waals surface area contributed by atoms with Crippen molar-refractivity contribution in [2.45, 2.75) is 25.8 Å². The first kappa shape index (κ1) is 17.9. The fourth-order valence-electron chi connectivity index (χ4n) is 4.58. The van der Waals surface area contributed by atoms with E-state index < -0.39 is 0 Å². The molecule has 2 heterocycles. The zero-order valence-electron chi connectivity index (χ0n) is 16.6. The van der Waals surface area contributed by atoms with Crippen LogP contribution in [-0.2, 0) is 6.54 Å². The lowest BCUT2D eigenvalue weighted by Gasteiger charge is -2.26. The second-order valence-corrected chi connectivity index (χ2v) is 8.13. The Hall–Kier alpha value is -3.14. The molecule has 5 rings (SSSR count). The van der Waals surface area contributed by atoms with E-state index in [1.165, 1.54) is 6.42 Å². The van der Waals surface area contributed by atoms with Crippen molar-refractivity contribution in [2.75, 3.05) is 20.1 Å². The third-order valence-corrected chi connectivity index (χ3v) is 6.17. The molecule has 0 aromatic heterocycles. The van der Waals surface area contributed by atoms with Crippen molar-refractivity contribution in [1.82, 2.24) is 9.80 Å². The fraction of sp³-hybridized carbons (Fsp3) is 0.280. The summed E-state index contributed by atoms with van der Waals surface area (Å²) >= 11 is 0. The number of hydrogen-bond acceptors (Lipinski definition) is 2. The lowest BCUT2D eigenvalue weighted by molar-refractivity contribution is 0.0724. The van der Waals surface area contributed by atoms with Crippen LogP contribution in [0.15, 0.2) is 54.6 Å². The molecule has 0 radical (unpaired) electrons. The van der Waals surface area contributed by atoms with Crippen molar-refractivity contribution in [3.63, 3.8) is 0 Å². The highest BCUT2D eigenvalue weighted by molar-refractivity contribution is 6.04. The highest BCUT2D eigenvalue weighted by Crippen LogP contribution is 2.33. The molecule has 0 N–H and O–H groups in total. The van der Waals surface area contributed by atoms with Gasteiger partial charge in [-0.15, -0.1) is 0 Å². The van der Waals surface area contributed by atoms with Crippen LogP contribution < -0.4 is 0 Å². The number of amides is 2. The van der Waals surface area contributed by atoms with Gasteiger partial charge in [0.2, 0.25) is 0 Å². The van der Waals surface area contributed by atoms with Crippen LogP contribution in [0.25, 0.3) is 21.9 Å². The zero-order chi connectivity index (χ0) is 20.0. The first-order chi connectivity index (χ1) is 14.1. The van der Waals surface area contributed by atoms with Gasteiger partial charge < -0.3 is 9.80 Å². The minimum Gasteiger partial charge on any atom is -0.339 e. The number of rotatable bonds is 2. The van der Waals surface area contributed by atoms with Crippen molar-refractivity contribution in [3.8, 4) is 11.1 Å². The number of hydrogen-bond donors (Lipinski definition) is 0. The zero-order valence-corrected chi connectivity index (χ0v) is 16.6. The van der Waals surface area contributed by atoms with Gasteiger partial charge in [-0.2, -0.15) is 0 Å². The number of nitrogens with zero attached hydrogens (tertiary/aromatic N) is 2. The Bertz CT molecular complexity index is 1130. The Balaban J connectivity index is 1.52. The summed E-state index contributed by atoms with van der Waals surface area (Å²) in [5, 5.41) is 2.19. The van der Waals surface area contributed by atoms with Crippen molar-refractivity contribution in [2.24, 2.45) is 0 Å². The highest BCUT2D eigenvalue weighted by atomic mass is 16.2. The molecule has 29 heavy (non-hydrogen) atoms. The SMILES string of the molecule is CN1Cc2cc(-c3cccc4cc(C(=O)N5CCCCC5)ccc34)ccc2C1=O. The van der Waals surface area contributed by atoms with Crippen LogP contribution in [0.5, 0.6) is 0 Å². The van der Waals surface area contributed by atoms with Crippen LogP contribution in [0, 0.1) is 0 Å². The molecular formula is C25H24N2O2. The number of piperidine rings is 1. The van der Waals surface area contributed by atoms with Crippen LogP contribution >= 0.6 is 0 Å². The summed E-state index contributed by atoms with van der Waals surface area (Å²) in [4.78, 5) is 28.8. The standard InChI is InChI=1S/C25H24N2O2/c1-26-16-20-15-18(8-11-23(20)25(26)29)21-7-5-6-17-14-19(9-10-22(17)21)24(28)27-12-3-2-4-13-27/h5-11,14-15H,2-4,12-13,16H2,1H3. The van der Waals surface area contributed by atoms with Crippen molar-refractivity contribution in [3.05, 3.63) is 71.3 Å². The van der Waals surface area contributed by atoms with Crippen molar-refractivity contribution in [1.29, 1.82) is 0 Å². The molecule has 2 aliphatic heterocycles. The van der Waals surface area contributed by atoms with Crippen LogP contribution in [0.3, 0.4) is 0 Å². The predicted molar refractivity (Wildman–Crippen MR) is 115 cm³/mol. The molecule has 2 amide bonds. The molecule has 2 aliphatic rings. The van der Waals surface area contributed by atoms with Gasteiger partial charge in [0.1, 0.15) is 0 Å². The monoisotopic (exact) mass is 384 g/mol. The van der Waals surface area contributed by atoms with Crippen LogP contribution in [0.2, 0.25) is 0 Å². The summed E-state index contributed by atoms with van der Waals surface area (Å²) in [5.41, 5.74) is 4.87. The Kier molecular flexibility index (Phi) is 4.35. The maximum atomic E-state index is 12.9. The second kappa shape index (κ2) is 7.03. The molecule has 4 heteroatoms. The summed E-state index contributed by atoms with van der Waals surface area (Å²) in [6.45, 7) is 2.37. The van der Waals surface area contributed by atoms with Gasteiger partial charge in [-0.05, 0) is 71.0 Å². The summed E-state index contributed by atoms with van der Waals surface area (Å²) in [6.07, 6.45) is 3.41. The van der Waals surface area contributed by atoms with E-state index in [4.69, 9.17) is 0 Å². The maximum absolute atomic E-state index is 12.9. The number of carbonyl (C=O) groups is 2. The molecule has 0 bridgehead atoms. The summed E-state index contributed by atoms with van der Waals surface area (Å²) in [6, 6.07) is 18.3. The molecule has 3 aromatic rings. The molecule has 0 saturated carbocycles. The smallest absolute Gasteiger partial charge is 0.254 e. The minimum atomic E-state index is 0.0883. The fourth-order valence-corrected chi connectivity index (χ4v) is 4.58. The van der Waals surface area contributed by atoms with Gasteiger partial charge in [-0.25, -0.2) is 0 Å². The summed E-state index contributed by atoms with van der Waals surface area (Å²) in [5.74, 6) is 0.224. The minimum absolute atomic E-state index is 0.0883. The van der Waals surface area contributed by atoms with Gasteiger partial charge in [-0.3, -0.25) is 9.59 Å². The molecule has 1 fully saturated rings. The third-order valence-electron chi connectivity index (χ3n) is 6.17. The quantitative estimate of drug-likeness (QED) is 0.641. The molecule has 0 aliphatic carbocycles. The third kappa shape index (κ3) is 3.09. The van der Waals surface area contributed by atoms with Gasteiger partial charge in [-0.1, -0.05) is 30.3 Å². The number of fused-ring (bicyclic) bond motifs is 2. The van der Waals surface area contributed by atoms with E-state index in [1.807, 2.05) is 42.3 Å². The van der Waals surface area contributed by atoms with Gasteiger partial charge in [0.15, 0.2) is 0 Å². The second-order valence-electron chi connectivity index (χ2n) is 8.13. The van der Waals surface area contributed by atoms with Gasteiger partial charge in [0, 0.05) is 37.8 Å². The predicted octanol–water partition coefficient (Wildman–Crippen LogP) is 4.72. The molecular weight excluding hydrogens is 360 g/mol. The lowest BCUT2D eigenvalue weighted by Crippen LogP contribution is -2.35. The van der Waals surface area contributed by atoms with Gasteiger partial charge >= 0.3 is 0 Å². The van der Waals surface area contributed by atoms with Crippen LogP contribution in [0.4, 0.5) is 0 Å². The van der Waals surface area contributed by atoms with Gasteiger partial charge in [0.25, 0.3) is 11.8 Å². The first-order valence-corrected chi connectivity index (χ1v) is 10.3. The topological polar surface area (TPSA) is 40.6 Å². The molecule has 4 nitrogen and oxygen atoms in total. The number of likely N-dealkylation sites (tertiary alicyclic amines) is 1. The number of benzene rings is 3. The average molecular weight is 384 g/mol. The van der Waals surface area contributed by atoms with Gasteiger partial charge in [0.05, 0.1) is 0 Å². The normalized spacial score (nSPS) is 16.4. The molecule has 0 spiro atoms. The van der Waals surface area contributed by atoms with E-state index in [0.29, 0.717) is 6.54 Å². The van der Waals surface area contributed by atoms with Crippen LogP contribution in [0.1, 0.15) is 45.5 Å². The van der Waals surface area contributed by atoms with E-state index in [0.717, 1.165) is 64.5 Å². The van der Waals surface area contributed by atoms with E-state index in [9.17, 15) is 9.59 Å². The van der Waals surface area contributed by atoms with E-state index in [-0.39, 0.29) is 11.8 Å². The molecule has 1 saturated heterocycles. The largest absolute Gasteiger partial charge is 0.339 e. The maximum Gasteiger partial charge on any atom is 0.254 e. The molecule has 146 valence electrons.